The van der Waals surface area contributed by atoms with E-state index in [1.807, 2.05) is 42.5 Å². The van der Waals surface area contributed by atoms with E-state index in [1.165, 1.54) is 5.57 Å². The summed E-state index contributed by atoms with van der Waals surface area (Å²) in [5, 5.41) is 11.1. The van der Waals surface area contributed by atoms with Gasteiger partial charge in [-0.3, -0.25) is 4.79 Å². The lowest BCUT2D eigenvalue weighted by Crippen LogP contribution is -2.44. The second kappa shape index (κ2) is 8.79. The van der Waals surface area contributed by atoms with Crippen molar-refractivity contribution in [2.45, 2.75) is 58.0 Å². The van der Waals surface area contributed by atoms with Gasteiger partial charge in [0.15, 0.2) is 5.78 Å². The van der Waals surface area contributed by atoms with Gasteiger partial charge in [-0.15, -0.1) is 0 Å². The molecule has 1 N–H and O–H groups in total. The molecule has 4 aliphatic carbocycles. The molecular formula is C33H36O5. The van der Waals surface area contributed by atoms with Gasteiger partial charge in [0.2, 0.25) is 0 Å². The highest BCUT2D eigenvalue weighted by Crippen LogP contribution is 2.69. The first-order valence-electron chi connectivity index (χ1n) is 13.5. The van der Waals surface area contributed by atoms with E-state index in [0.717, 1.165) is 47.5 Å². The summed E-state index contributed by atoms with van der Waals surface area (Å²) in [7, 11) is 3.36. The molecule has 2 aromatic rings. The Labute approximate surface area is 224 Å². The maximum atomic E-state index is 14.4. The summed E-state index contributed by atoms with van der Waals surface area (Å²) in [4.78, 5) is 14.4. The fourth-order valence-electron chi connectivity index (χ4n) is 7.93. The Bertz CT molecular complexity index is 1400. The standard InChI is InChI=1S/C33H36O5/c1-19-10-9-15-32(2,3)33(19)17-21-26-23(36-4)14-13-22(34)28(26)31(35)29-24(16-25(37-5)30(33)27(21)29)38-18-20-11-7-6-8-12-20/h6-8,10-14,16,21,26,28,34H,9,15,17-18H2,1-5H3/t21-,26?,28?,33-/m1/s1. The Kier molecular flexibility index (Phi) is 5.75. The number of methoxy groups -OCH3 is 2. The minimum Gasteiger partial charge on any atom is -0.512 e. The Morgan fingerprint density at radius 2 is 1.82 bits per heavy atom. The number of allylic oxidation sites excluding steroid dienone is 6. The van der Waals surface area contributed by atoms with Gasteiger partial charge in [0.25, 0.3) is 0 Å². The van der Waals surface area contributed by atoms with Gasteiger partial charge >= 0.3 is 0 Å². The van der Waals surface area contributed by atoms with E-state index >= 15 is 0 Å². The minimum atomic E-state index is -0.695. The van der Waals surface area contributed by atoms with Crippen LogP contribution < -0.4 is 9.47 Å². The molecule has 0 heterocycles. The minimum absolute atomic E-state index is 0.0281. The first kappa shape index (κ1) is 24.8. The van der Waals surface area contributed by atoms with Crippen molar-refractivity contribution >= 4 is 5.78 Å². The Morgan fingerprint density at radius 1 is 1.05 bits per heavy atom. The highest BCUT2D eigenvalue weighted by molar-refractivity contribution is 6.06. The number of benzene rings is 2. The number of ketones is 1. The number of carbonyl (C=O) groups is 1. The number of ether oxygens (including phenoxy) is 3. The van der Waals surface area contributed by atoms with Crippen molar-refractivity contribution in [3.63, 3.8) is 0 Å². The van der Waals surface area contributed by atoms with Crippen LogP contribution in [0.5, 0.6) is 11.5 Å². The average molecular weight is 513 g/mol. The zero-order valence-corrected chi connectivity index (χ0v) is 22.8. The number of fused-ring (bicyclic) bond motifs is 3. The predicted octanol–water partition coefficient (Wildman–Crippen LogP) is 7.18. The molecule has 0 radical (unpaired) electrons. The van der Waals surface area contributed by atoms with Crippen LogP contribution in [0.1, 0.15) is 73.0 Å². The van der Waals surface area contributed by atoms with E-state index in [-0.39, 0.29) is 34.2 Å². The van der Waals surface area contributed by atoms with Gasteiger partial charge in [-0.25, -0.2) is 0 Å². The fourth-order valence-corrected chi connectivity index (χ4v) is 7.93. The summed E-state index contributed by atoms with van der Waals surface area (Å²) >= 11 is 0. The van der Waals surface area contributed by atoms with Crippen LogP contribution in [0.15, 0.2) is 71.7 Å². The van der Waals surface area contributed by atoms with E-state index in [9.17, 15) is 9.90 Å². The van der Waals surface area contributed by atoms with Crippen LogP contribution in [-0.2, 0) is 16.8 Å². The molecule has 4 aliphatic rings. The monoisotopic (exact) mass is 512 g/mol. The predicted molar refractivity (Wildman–Crippen MR) is 147 cm³/mol. The topological polar surface area (TPSA) is 65.0 Å². The van der Waals surface area contributed by atoms with Crippen LogP contribution in [0.3, 0.4) is 0 Å². The van der Waals surface area contributed by atoms with Gasteiger partial charge < -0.3 is 19.3 Å². The van der Waals surface area contributed by atoms with E-state index in [0.29, 0.717) is 17.9 Å². The van der Waals surface area contributed by atoms with Crippen LogP contribution in [0.25, 0.3) is 0 Å². The third-order valence-corrected chi connectivity index (χ3v) is 9.75. The van der Waals surface area contributed by atoms with Crippen molar-refractivity contribution < 1.29 is 24.1 Å². The summed E-state index contributed by atoms with van der Waals surface area (Å²) < 4.78 is 18.4. The highest BCUT2D eigenvalue weighted by Gasteiger charge is 2.62. The van der Waals surface area contributed by atoms with Crippen molar-refractivity contribution in [1.29, 1.82) is 0 Å². The normalized spacial score (nSPS) is 28.6. The quantitative estimate of drug-likeness (QED) is 0.430. The number of aliphatic hydroxyl groups excluding tert-OH is 1. The van der Waals surface area contributed by atoms with E-state index < -0.39 is 5.92 Å². The Hall–Kier alpha value is -3.47. The van der Waals surface area contributed by atoms with Crippen LogP contribution in [0, 0.1) is 17.3 Å². The van der Waals surface area contributed by atoms with Crippen LogP contribution >= 0.6 is 0 Å². The molecule has 38 heavy (non-hydrogen) atoms. The zero-order valence-electron chi connectivity index (χ0n) is 22.8. The SMILES string of the molecule is COC1=CC=C(O)C2C(=O)c3c(OCc4ccccc4)cc(OC)c4c3[C@H](C[C@@]43C(C)=CCCC3(C)C)C12. The number of carbonyl (C=O) groups excluding carboxylic acids is 1. The summed E-state index contributed by atoms with van der Waals surface area (Å²) in [6, 6.07) is 11.9. The molecule has 198 valence electrons. The van der Waals surface area contributed by atoms with Crippen LogP contribution in [0.2, 0.25) is 0 Å². The van der Waals surface area contributed by atoms with Gasteiger partial charge in [0.1, 0.15) is 29.6 Å². The summed E-state index contributed by atoms with van der Waals surface area (Å²) in [6.45, 7) is 7.26. The maximum absolute atomic E-state index is 14.4. The lowest BCUT2D eigenvalue weighted by Gasteiger charge is -2.50. The lowest BCUT2D eigenvalue weighted by atomic mass is 9.54. The first-order valence-corrected chi connectivity index (χ1v) is 13.5. The molecule has 0 amide bonds. The van der Waals surface area contributed by atoms with Gasteiger partial charge in [-0.1, -0.05) is 55.8 Å². The largest absolute Gasteiger partial charge is 0.512 e. The van der Waals surface area contributed by atoms with E-state index in [4.69, 9.17) is 14.2 Å². The van der Waals surface area contributed by atoms with E-state index in [2.05, 4.69) is 26.8 Å². The molecule has 0 aromatic heterocycles. The van der Waals surface area contributed by atoms with Crippen molar-refractivity contribution in [2.75, 3.05) is 14.2 Å². The smallest absolute Gasteiger partial charge is 0.178 e. The molecule has 5 heteroatoms. The van der Waals surface area contributed by atoms with E-state index in [1.54, 1.807) is 20.3 Å². The Balaban J connectivity index is 1.63. The molecule has 0 bridgehead atoms. The van der Waals surface area contributed by atoms with Crippen molar-refractivity contribution in [3.05, 3.63) is 94.0 Å². The van der Waals surface area contributed by atoms with Crippen molar-refractivity contribution in [2.24, 2.45) is 17.3 Å². The summed E-state index contributed by atoms with van der Waals surface area (Å²) in [5.74, 6) is 1.00. The number of aliphatic hydroxyl groups is 1. The second-order valence-electron chi connectivity index (χ2n) is 11.8. The lowest BCUT2D eigenvalue weighted by molar-refractivity contribution is 0.0748. The molecule has 0 aliphatic heterocycles. The molecule has 0 fully saturated rings. The summed E-state index contributed by atoms with van der Waals surface area (Å²) in [6.07, 6.45) is 8.69. The molecule has 4 atom stereocenters. The van der Waals surface area contributed by atoms with Gasteiger partial charge in [0.05, 0.1) is 25.7 Å². The third-order valence-electron chi connectivity index (χ3n) is 9.75. The van der Waals surface area contributed by atoms with Crippen molar-refractivity contribution in [3.8, 4) is 11.5 Å². The number of hydrogen-bond acceptors (Lipinski definition) is 5. The molecule has 5 nitrogen and oxygen atoms in total. The first-order chi connectivity index (χ1) is 18.2. The number of Topliss-reactive ketones (excluding diaryl/α,β-unsaturated/α-hetero) is 1. The molecule has 0 saturated heterocycles. The zero-order chi connectivity index (χ0) is 26.8. The molecule has 0 saturated carbocycles. The van der Waals surface area contributed by atoms with Gasteiger partial charge in [-0.2, -0.15) is 0 Å². The Morgan fingerprint density at radius 3 is 2.50 bits per heavy atom. The number of hydrogen-bond donors (Lipinski definition) is 1. The maximum Gasteiger partial charge on any atom is 0.178 e. The summed E-state index contributed by atoms with van der Waals surface area (Å²) in [5.41, 5.74) is 4.70. The second-order valence-corrected chi connectivity index (χ2v) is 11.8. The molecular weight excluding hydrogens is 476 g/mol. The van der Waals surface area contributed by atoms with Gasteiger partial charge in [0, 0.05) is 23.0 Å². The van der Waals surface area contributed by atoms with Crippen molar-refractivity contribution in [1.82, 2.24) is 0 Å². The van der Waals surface area contributed by atoms with Gasteiger partial charge in [-0.05, 0) is 60.8 Å². The number of rotatable bonds is 5. The molecule has 1 spiro atoms. The molecule has 2 unspecified atom stereocenters. The molecule has 2 aromatic carbocycles. The third kappa shape index (κ3) is 3.26. The highest BCUT2D eigenvalue weighted by atomic mass is 16.5. The molecule has 6 rings (SSSR count). The fraction of sp³-hybridized carbons (Fsp3) is 0.424. The average Bonchev–Trinajstić information content (AvgIpc) is 3.28. The van der Waals surface area contributed by atoms with Crippen LogP contribution in [0.4, 0.5) is 0 Å². The van der Waals surface area contributed by atoms with Crippen LogP contribution in [-0.4, -0.2) is 25.1 Å².